The number of nitrogens with one attached hydrogen (secondary N) is 3. The van der Waals surface area contributed by atoms with Crippen molar-refractivity contribution < 1.29 is 33.6 Å². The fraction of sp³-hybridized carbons (Fsp3) is 0.250. The highest BCUT2D eigenvalue weighted by Crippen LogP contribution is 2.34. The number of rotatable bonds is 15. The number of aryl methyl sites for hydroxylation is 1. The molecule has 0 saturated carbocycles. The lowest BCUT2D eigenvalue weighted by Crippen LogP contribution is -2.41. The van der Waals surface area contributed by atoms with E-state index in [0.29, 0.717) is 68.8 Å². The summed E-state index contributed by atoms with van der Waals surface area (Å²) in [5.74, 6) is 1.58. The Hall–Kier alpha value is -7.30. The smallest absolute Gasteiger partial charge is 0.335 e. The molecular formula is C56H61Br2N11O7. The quantitative estimate of drug-likeness (QED) is 0.0523. The van der Waals surface area contributed by atoms with Crippen molar-refractivity contribution in [2.45, 2.75) is 14.4 Å². The number of hydrogen-bond acceptors (Lipinski definition) is 16. The molecule has 0 spiro atoms. The van der Waals surface area contributed by atoms with Crippen molar-refractivity contribution in [1.82, 2.24) is 35.1 Å². The first-order valence-corrected chi connectivity index (χ1v) is 25.8. The molecule has 0 radical (unpaired) electrons. The van der Waals surface area contributed by atoms with Gasteiger partial charge in [0.15, 0.2) is 0 Å². The fourth-order valence-electron chi connectivity index (χ4n) is 8.14. The molecule has 2 aromatic heterocycles. The van der Waals surface area contributed by atoms with Crippen LogP contribution in [0.5, 0.6) is 23.3 Å². The average molecular weight is 1160 g/mol. The molecule has 8 N–H and O–H groups in total. The SMILES string of the molecule is C.Cc1ccc(Oc2ccnc(Nc3cc(Br)cc(C(=O)O)c3)n2)c2ccccc12.NCCN1CCOCC1.Nc1ccc(Oc2ccnc(Nc3cc(Br)cc(C(=O)NCCN4CCOCC4)c3)n2)c2ccccc12. The third-order valence-corrected chi connectivity index (χ3v) is 12.8. The minimum atomic E-state index is -1.02. The van der Waals surface area contributed by atoms with E-state index in [9.17, 15) is 14.7 Å². The van der Waals surface area contributed by atoms with Crippen LogP contribution in [0.3, 0.4) is 0 Å². The highest BCUT2D eigenvalue weighted by Gasteiger charge is 2.15. The fourth-order valence-corrected chi connectivity index (χ4v) is 9.12. The Morgan fingerprint density at radius 2 is 1.13 bits per heavy atom. The summed E-state index contributed by atoms with van der Waals surface area (Å²) in [6.07, 6.45) is 3.19. The van der Waals surface area contributed by atoms with Crippen LogP contribution in [0.25, 0.3) is 21.5 Å². The van der Waals surface area contributed by atoms with Crippen molar-refractivity contribution in [3.05, 3.63) is 159 Å². The lowest BCUT2D eigenvalue weighted by atomic mass is 10.1. The van der Waals surface area contributed by atoms with Gasteiger partial charge in [0.1, 0.15) is 11.5 Å². The first kappa shape index (κ1) is 56.4. The number of fused-ring (bicyclic) bond motifs is 2. The number of carboxylic acid groups (broad SMARTS) is 1. The van der Waals surface area contributed by atoms with E-state index < -0.39 is 5.97 Å². The van der Waals surface area contributed by atoms with E-state index in [2.05, 4.69) is 90.5 Å². The van der Waals surface area contributed by atoms with Crippen molar-refractivity contribution >= 4 is 94.2 Å². The molecule has 2 aliphatic rings. The first-order valence-electron chi connectivity index (χ1n) is 24.2. The summed E-state index contributed by atoms with van der Waals surface area (Å²) in [5.41, 5.74) is 15.2. The standard InChI is InChI=1S/C27H27BrN6O3.C22H16BrN3O3.C6H14N2O.CH4/c28-19-15-18(26(35)30-9-10-34-11-13-36-14-12-34)16-20(17-19)32-27-31-8-7-25(33-27)37-24-6-5-23(29)21-3-1-2-4-22(21)24;1-13-6-7-19(18-5-3-2-4-17(13)18)29-20-8-9-24-22(26-20)25-16-11-14(21(27)28)10-15(23)12-16;7-1-2-8-3-5-9-6-4-8;/h1-8,15-17H,9-14,29H2,(H,30,35)(H,31,32,33);2-12H,1H3,(H,27,28)(H,24,25,26);1-7H2;1H4. The Balaban J connectivity index is 0.000000191. The number of carboxylic acids is 1. The highest BCUT2D eigenvalue weighted by molar-refractivity contribution is 9.10. The summed E-state index contributed by atoms with van der Waals surface area (Å²) in [6, 6.07) is 36.9. The normalized spacial score (nSPS) is 13.5. The number of nitrogens with zero attached hydrogens (tertiary/aromatic N) is 6. The maximum Gasteiger partial charge on any atom is 0.335 e. The molecule has 2 aliphatic heterocycles. The van der Waals surface area contributed by atoms with Crippen LogP contribution in [-0.2, 0) is 9.47 Å². The molecule has 0 atom stereocenters. The second-order valence-corrected chi connectivity index (χ2v) is 19.1. The molecule has 0 unspecified atom stereocenters. The van der Waals surface area contributed by atoms with E-state index in [0.717, 1.165) is 98.3 Å². The molecule has 20 heteroatoms. The average Bonchev–Trinajstić information content (AvgIpc) is 3.42. The summed E-state index contributed by atoms with van der Waals surface area (Å²) >= 11 is 6.81. The third kappa shape index (κ3) is 16.1. The van der Waals surface area contributed by atoms with Crippen molar-refractivity contribution in [3.8, 4) is 23.3 Å². The van der Waals surface area contributed by atoms with Gasteiger partial charge >= 0.3 is 5.97 Å². The van der Waals surface area contributed by atoms with Crippen LogP contribution < -0.4 is 36.9 Å². The number of aromatic carboxylic acids is 1. The zero-order valence-electron chi connectivity index (χ0n) is 41.2. The predicted molar refractivity (Wildman–Crippen MR) is 306 cm³/mol. The monoisotopic (exact) mass is 1160 g/mol. The summed E-state index contributed by atoms with van der Waals surface area (Å²) in [6.45, 7) is 12.3. The highest BCUT2D eigenvalue weighted by atomic mass is 79.9. The lowest BCUT2D eigenvalue weighted by molar-refractivity contribution is 0.0383. The number of benzene rings is 6. The number of aromatic nitrogens is 4. The van der Waals surface area contributed by atoms with Crippen LogP contribution in [0.4, 0.5) is 29.0 Å². The molecule has 18 nitrogen and oxygen atoms in total. The van der Waals surface area contributed by atoms with Gasteiger partial charge in [-0.15, -0.1) is 0 Å². The Bertz CT molecular complexity index is 3230. The summed E-state index contributed by atoms with van der Waals surface area (Å²) in [7, 11) is 0. The summed E-state index contributed by atoms with van der Waals surface area (Å²) in [5, 5.41) is 22.3. The minimum absolute atomic E-state index is 0. The molecule has 10 rings (SSSR count). The minimum Gasteiger partial charge on any atom is -0.478 e. The molecule has 8 aromatic rings. The lowest BCUT2D eigenvalue weighted by Gasteiger charge is -2.26. The first-order chi connectivity index (χ1) is 36.5. The number of carbonyl (C=O) groups excluding carboxylic acids is 1. The molecule has 0 aliphatic carbocycles. The van der Waals surface area contributed by atoms with Gasteiger partial charge in [-0.25, -0.2) is 14.8 Å². The Morgan fingerprint density at radius 1 is 0.645 bits per heavy atom. The van der Waals surface area contributed by atoms with E-state index in [1.807, 2.05) is 72.8 Å². The van der Waals surface area contributed by atoms with Gasteiger partial charge in [-0.2, -0.15) is 9.97 Å². The topological polar surface area (TPSA) is 237 Å². The number of anilines is 5. The number of carbonyl (C=O) groups is 2. The van der Waals surface area contributed by atoms with Gasteiger partial charge in [-0.1, -0.05) is 93.9 Å². The molecular weight excluding hydrogens is 1100 g/mol. The number of nitrogens with two attached hydrogens (primary N) is 2. The molecule has 396 valence electrons. The van der Waals surface area contributed by atoms with Gasteiger partial charge < -0.3 is 51.5 Å². The predicted octanol–water partition coefficient (Wildman–Crippen LogP) is 10.4. The number of morpholine rings is 2. The maximum absolute atomic E-state index is 12.8. The summed E-state index contributed by atoms with van der Waals surface area (Å²) in [4.78, 5) is 46.0. The van der Waals surface area contributed by atoms with Crippen LogP contribution in [0.1, 0.15) is 33.7 Å². The van der Waals surface area contributed by atoms with Gasteiger partial charge in [-0.3, -0.25) is 14.6 Å². The zero-order valence-corrected chi connectivity index (χ0v) is 44.3. The van der Waals surface area contributed by atoms with Crippen LogP contribution in [-0.4, -0.2) is 126 Å². The molecule has 2 saturated heterocycles. The molecule has 1 amide bonds. The number of halogens is 2. The molecule has 2 fully saturated rings. The van der Waals surface area contributed by atoms with Gasteiger partial charge in [0.2, 0.25) is 23.7 Å². The van der Waals surface area contributed by atoms with E-state index in [1.54, 1.807) is 42.7 Å². The van der Waals surface area contributed by atoms with Crippen molar-refractivity contribution in [3.63, 3.8) is 0 Å². The Labute approximate surface area is 458 Å². The van der Waals surface area contributed by atoms with Crippen LogP contribution >= 0.6 is 31.9 Å². The number of ether oxygens (including phenoxy) is 4. The third-order valence-electron chi connectivity index (χ3n) is 11.9. The zero-order chi connectivity index (χ0) is 52.5. The van der Waals surface area contributed by atoms with E-state index in [1.165, 1.54) is 17.7 Å². The van der Waals surface area contributed by atoms with E-state index in [4.69, 9.17) is 30.4 Å². The molecule has 6 aromatic carbocycles. The van der Waals surface area contributed by atoms with Crippen LogP contribution in [0.2, 0.25) is 0 Å². The molecule has 76 heavy (non-hydrogen) atoms. The Kier molecular flexibility index (Phi) is 20.8. The largest absolute Gasteiger partial charge is 0.478 e. The van der Waals surface area contributed by atoms with Gasteiger partial charge in [0.25, 0.3) is 5.91 Å². The van der Waals surface area contributed by atoms with Gasteiger partial charge in [0, 0.05) is 125 Å². The second kappa shape index (κ2) is 28.0. The van der Waals surface area contributed by atoms with E-state index in [-0.39, 0.29) is 18.9 Å². The van der Waals surface area contributed by atoms with Gasteiger partial charge in [-0.05, 0) is 72.5 Å². The summed E-state index contributed by atoms with van der Waals surface area (Å²) < 4.78 is 24.0. The van der Waals surface area contributed by atoms with Crippen LogP contribution in [0, 0.1) is 6.92 Å². The molecule has 0 bridgehead atoms. The maximum atomic E-state index is 12.8. The van der Waals surface area contributed by atoms with Crippen LogP contribution in [0.15, 0.2) is 143 Å². The Morgan fingerprint density at radius 3 is 1.68 bits per heavy atom. The number of amides is 1. The van der Waals surface area contributed by atoms with Crippen molar-refractivity contribution in [2.75, 3.05) is 95.2 Å². The van der Waals surface area contributed by atoms with Crippen molar-refractivity contribution in [2.24, 2.45) is 5.73 Å². The van der Waals surface area contributed by atoms with Crippen molar-refractivity contribution in [1.29, 1.82) is 0 Å². The second-order valence-electron chi connectivity index (χ2n) is 17.2. The van der Waals surface area contributed by atoms with Gasteiger partial charge in [0.05, 0.1) is 32.0 Å². The number of nitrogen functional groups attached to an aromatic ring is 1. The molecule has 4 heterocycles. The number of hydrogen-bond donors (Lipinski definition) is 6. The van der Waals surface area contributed by atoms with E-state index >= 15 is 0 Å².